The summed E-state index contributed by atoms with van der Waals surface area (Å²) in [5, 5.41) is 9.84. The lowest BCUT2D eigenvalue weighted by molar-refractivity contribution is 0.0514. The number of aliphatic hydroxyl groups is 1. The Labute approximate surface area is 126 Å². The molecule has 1 aliphatic heterocycles. The summed E-state index contributed by atoms with van der Waals surface area (Å²) < 4.78 is 26.9. The van der Waals surface area contributed by atoms with Gasteiger partial charge in [0, 0.05) is 37.5 Å². The number of piperidine rings is 1. The predicted molar refractivity (Wildman–Crippen MR) is 79.1 cm³/mol. The van der Waals surface area contributed by atoms with Crippen LogP contribution in [0, 0.1) is 11.3 Å². The van der Waals surface area contributed by atoms with Gasteiger partial charge in [-0.25, -0.2) is 8.42 Å². The van der Waals surface area contributed by atoms with E-state index in [1.165, 1.54) is 23.3 Å². The standard InChI is InChI=1S/C15H22N2O3S/c18-12-15(9-13-4-5-13)6-2-8-17(11-15)21(19,20)14-3-1-7-16-10-14/h1,3,7,10,13,18H,2,4-6,8-9,11-12H2. The molecule has 3 rings (SSSR count). The largest absolute Gasteiger partial charge is 0.396 e. The van der Waals surface area contributed by atoms with Crippen LogP contribution in [0.4, 0.5) is 0 Å². The van der Waals surface area contributed by atoms with E-state index in [2.05, 4.69) is 4.98 Å². The maximum atomic E-state index is 12.7. The fourth-order valence-corrected chi connectivity index (χ4v) is 4.87. The van der Waals surface area contributed by atoms with Crippen LogP contribution in [0.25, 0.3) is 0 Å². The smallest absolute Gasteiger partial charge is 0.244 e. The summed E-state index contributed by atoms with van der Waals surface area (Å²) in [5.41, 5.74) is -0.255. The van der Waals surface area contributed by atoms with Crippen molar-refractivity contribution in [2.75, 3.05) is 19.7 Å². The van der Waals surface area contributed by atoms with Crippen molar-refractivity contribution >= 4 is 10.0 Å². The van der Waals surface area contributed by atoms with E-state index < -0.39 is 10.0 Å². The van der Waals surface area contributed by atoms with Crippen molar-refractivity contribution in [2.45, 2.75) is 37.0 Å². The first-order valence-corrected chi connectivity index (χ1v) is 9.01. The molecule has 0 amide bonds. The monoisotopic (exact) mass is 310 g/mol. The van der Waals surface area contributed by atoms with Crippen LogP contribution < -0.4 is 0 Å². The fraction of sp³-hybridized carbons (Fsp3) is 0.667. The Hall–Kier alpha value is -0.980. The molecule has 1 aromatic rings. The molecule has 6 heteroatoms. The van der Waals surface area contributed by atoms with Crippen LogP contribution in [0.15, 0.2) is 29.4 Å². The molecule has 21 heavy (non-hydrogen) atoms. The minimum absolute atomic E-state index is 0.0720. The lowest BCUT2D eigenvalue weighted by atomic mass is 9.77. The van der Waals surface area contributed by atoms with Crippen molar-refractivity contribution in [2.24, 2.45) is 11.3 Å². The Bertz CT molecular complexity index is 586. The molecule has 1 atom stereocenters. The average molecular weight is 310 g/mol. The number of pyridine rings is 1. The number of sulfonamides is 1. The second-order valence-corrected chi connectivity index (χ2v) is 8.37. The average Bonchev–Trinajstić information content (AvgIpc) is 3.32. The Balaban J connectivity index is 1.81. The normalized spacial score (nSPS) is 27.7. The van der Waals surface area contributed by atoms with E-state index in [1.807, 2.05) is 0 Å². The molecule has 1 aromatic heterocycles. The molecule has 2 heterocycles. The molecule has 1 N–H and O–H groups in total. The third-order valence-corrected chi connectivity index (χ3v) is 6.48. The summed E-state index contributed by atoms with van der Waals surface area (Å²) in [6.07, 6.45) is 8.08. The summed E-state index contributed by atoms with van der Waals surface area (Å²) in [6.45, 7) is 1.03. The van der Waals surface area contributed by atoms with E-state index in [1.54, 1.807) is 18.3 Å². The second kappa shape index (κ2) is 5.66. The van der Waals surface area contributed by atoms with Gasteiger partial charge in [-0.05, 0) is 37.3 Å². The Morgan fingerprint density at radius 2 is 2.24 bits per heavy atom. The molecule has 0 aromatic carbocycles. The van der Waals surface area contributed by atoms with Gasteiger partial charge >= 0.3 is 0 Å². The van der Waals surface area contributed by atoms with E-state index >= 15 is 0 Å². The highest BCUT2D eigenvalue weighted by atomic mass is 32.2. The molecule has 1 saturated heterocycles. The maximum Gasteiger partial charge on any atom is 0.244 e. The van der Waals surface area contributed by atoms with Gasteiger partial charge < -0.3 is 5.11 Å². The van der Waals surface area contributed by atoms with Crippen LogP contribution >= 0.6 is 0 Å². The summed E-state index contributed by atoms with van der Waals surface area (Å²) >= 11 is 0. The minimum Gasteiger partial charge on any atom is -0.396 e. The van der Waals surface area contributed by atoms with Crippen LogP contribution in [0.2, 0.25) is 0 Å². The van der Waals surface area contributed by atoms with Gasteiger partial charge in [-0.15, -0.1) is 0 Å². The highest BCUT2D eigenvalue weighted by molar-refractivity contribution is 7.89. The van der Waals surface area contributed by atoms with Crippen LogP contribution in [0.5, 0.6) is 0 Å². The highest BCUT2D eigenvalue weighted by Gasteiger charge is 2.42. The molecule has 0 bridgehead atoms. The number of nitrogens with zero attached hydrogens (tertiary/aromatic N) is 2. The Morgan fingerprint density at radius 1 is 1.43 bits per heavy atom. The third-order valence-electron chi connectivity index (χ3n) is 4.65. The molecule has 1 aliphatic carbocycles. The zero-order valence-electron chi connectivity index (χ0n) is 12.1. The number of hydrogen-bond donors (Lipinski definition) is 1. The van der Waals surface area contributed by atoms with E-state index in [9.17, 15) is 13.5 Å². The number of aliphatic hydroxyl groups excluding tert-OH is 1. The topological polar surface area (TPSA) is 70.5 Å². The molecule has 2 aliphatic rings. The van der Waals surface area contributed by atoms with Crippen molar-refractivity contribution in [3.8, 4) is 0 Å². The third kappa shape index (κ3) is 3.12. The van der Waals surface area contributed by atoms with E-state index in [0.29, 0.717) is 19.0 Å². The molecule has 2 fully saturated rings. The van der Waals surface area contributed by atoms with Gasteiger partial charge in [-0.3, -0.25) is 4.98 Å². The van der Waals surface area contributed by atoms with Crippen LogP contribution in [0.3, 0.4) is 0 Å². The number of hydrogen-bond acceptors (Lipinski definition) is 4. The Morgan fingerprint density at radius 3 is 2.86 bits per heavy atom. The zero-order chi connectivity index (χ0) is 14.9. The number of aromatic nitrogens is 1. The fourth-order valence-electron chi connectivity index (χ4n) is 3.31. The van der Waals surface area contributed by atoms with Gasteiger partial charge in [0.05, 0.1) is 0 Å². The van der Waals surface area contributed by atoms with Gasteiger partial charge in [0.15, 0.2) is 0 Å². The summed E-state index contributed by atoms with van der Waals surface area (Å²) in [7, 11) is -3.50. The molecule has 1 saturated carbocycles. The molecule has 1 unspecified atom stereocenters. The molecule has 0 spiro atoms. The quantitative estimate of drug-likeness (QED) is 0.897. The first-order chi connectivity index (χ1) is 10.1. The van der Waals surface area contributed by atoms with Crippen molar-refractivity contribution < 1.29 is 13.5 Å². The minimum atomic E-state index is -3.50. The predicted octanol–water partition coefficient (Wildman–Crippen LogP) is 1.64. The van der Waals surface area contributed by atoms with E-state index in [-0.39, 0.29) is 16.9 Å². The van der Waals surface area contributed by atoms with Crippen molar-refractivity contribution in [3.63, 3.8) is 0 Å². The molecular formula is C15H22N2O3S. The van der Waals surface area contributed by atoms with E-state index in [4.69, 9.17) is 0 Å². The van der Waals surface area contributed by atoms with Crippen LogP contribution in [-0.2, 0) is 10.0 Å². The summed E-state index contributed by atoms with van der Waals surface area (Å²) in [5.74, 6) is 0.679. The van der Waals surface area contributed by atoms with Gasteiger partial charge in [-0.2, -0.15) is 4.31 Å². The molecule has 116 valence electrons. The molecular weight excluding hydrogens is 288 g/mol. The zero-order valence-corrected chi connectivity index (χ0v) is 12.9. The SMILES string of the molecule is O=S(=O)(c1cccnc1)N1CCCC(CO)(CC2CC2)C1. The molecule has 5 nitrogen and oxygen atoms in total. The first kappa shape index (κ1) is 14.9. The second-order valence-electron chi connectivity index (χ2n) is 6.44. The van der Waals surface area contributed by atoms with Crippen LogP contribution in [0.1, 0.15) is 32.1 Å². The van der Waals surface area contributed by atoms with Crippen LogP contribution in [-0.4, -0.2) is 42.5 Å². The van der Waals surface area contributed by atoms with Gasteiger partial charge in [0.25, 0.3) is 0 Å². The number of rotatable bonds is 5. The lowest BCUT2D eigenvalue weighted by Crippen LogP contribution is -2.48. The van der Waals surface area contributed by atoms with E-state index in [0.717, 1.165) is 19.3 Å². The Kier molecular flexibility index (Phi) is 4.03. The molecule has 0 radical (unpaired) electrons. The van der Waals surface area contributed by atoms with Gasteiger partial charge in [0.1, 0.15) is 4.90 Å². The maximum absolute atomic E-state index is 12.7. The summed E-state index contributed by atoms with van der Waals surface area (Å²) in [4.78, 5) is 4.15. The van der Waals surface area contributed by atoms with Crippen molar-refractivity contribution in [1.29, 1.82) is 0 Å². The van der Waals surface area contributed by atoms with Gasteiger partial charge in [0.2, 0.25) is 10.0 Å². The first-order valence-electron chi connectivity index (χ1n) is 7.57. The summed E-state index contributed by atoms with van der Waals surface area (Å²) in [6, 6.07) is 3.22. The lowest BCUT2D eigenvalue weighted by Gasteiger charge is -2.41. The highest BCUT2D eigenvalue weighted by Crippen LogP contribution is 2.45. The van der Waals surface area contributed by atoms with Crippen molar-refractivity contribution in [1.82, 2.24) is 9.29 Å². The van der Waals surface area contributed by atoms with Gasteiger partial charge in [-0.1, -0.05) is 12.8 Å². The van der Waals surface area contributed by atoms with Crippen molar-refractivity contribution in [3.05, 3.63) is 24.5 Å².